The van der Waals surface area contributed by atoms with Crippen molar-refractivity contribution in [1.82, 2.24) is 19.9 Å². The lowest BCUT2D eigenvalue weighted by molar-refractivity contribution is -0.118. The summed E-state index contributed by atoms with van der Waals surface area (Å²) in [5.41, 5.74) is 9.62. The first-order valence-corrected chi connectivity index (χ1v) is 15.8. The SMILES string of the molecule is CCC(C)C(=O)C1=C(C2(CC)CC2)C(C)CC2=C1CCc1cnc(Oc3nc(Cl)nc4c3CN(C)CC4)c(P)c12. The van der Waals surface area contributed by atoms with Gasteiger partial charge in [0, 0.05) is 42.5 Å². The second kappa shape index (κ2) is 10.6. The smallest absolute Gasteiger partial charge is 0.230 e. The molecule has 1 aliphatic heterocycles. The second-order valence-electron chi connectivity index (χ2n) is 12.3. The second-order valence-corrected chi connectivity index (χ2v) is 13.3. The highest BCUT2D eigenvalue weighted by molar-refractivity contribution is 7.28. The Morgan fingerprint density at radius 3 is 2.67 bits per heavy atom. The number of carbonyl (C=O) groups is 1. The van der Waals surface area contributed by atoms with E-state index in [1.807, 2.05) is 6.20 Å². The van der Waals surface area contributed by atoms with Crippen molar-refractivity contribution < 1.29 is 9.53 Å². The highest BCUT2D eigenvalue weighted by atomic mass is 35.5. The van der Waals surface area contributed by atoms with Crippen LogP contribution in [0.2, 0.25) is 5.28 Å². The largest absolute Gasteiger partial charge is 0.419 e. The van der Waals surface area contributed by atoms with Gasteiger partial charge >= 0.3 is 0 Å². The molecule has 0 amide bonds. The van der Waals surface area contributed by atoms with Crippen molar-refractivity contribution in [3.8, 4) is 11.8 Å². The van der Waals surface area contributed by atoms with Crippen LogP contribution >= 0.6 is 20.8 Å². The number of Topliss-reactive ketones (excluding diaryl/α,β-unsaturated/α-hetero) is 1. The normalized spacial score (nSPS) is 22.4. The first kappa shape index (κ1) is 28.0. The Kier molecular flexibility index (Phi) is 7.42. The van der Waals surface area contributed by atoms with Gasteiger partial charge in [-0.3, -0.25) is 4.79 Å². The molecule has 6 rings (SSSR count). The Hall–Kier alpha value is -2.14. The number of aromatic nitrogens is 3. The van der Waals surface area contributed by atoms with E-state index >= 15 is 0 Å². The van der Waals surface area contributed by atoms with Gasteiger partial charge in [-0.15, -0.1) is 0 Å². The molecule has 2 aromatic heterocycles. The van der Waals surface area contributed by atoms with Crippen LogP contribution < -0.4 is 10.0 Å². The fourth-order valence-electron chi connectivity index (χ4n) is 7.19. The molecule has 6 nitrogen and oxygen atoms in total. The molecule has 3 atom stereocenters. The van der Waals surface area contributed by atoms with Gasteiger partial charge in [0.25, 0.3) is 0 Å². The van der Waals surface area contributed by atoms with Crippen LogP contribution in [0.15, 0.2) is 22.9 Å². The van der Waals surface area contributed by atoms with E-state index in [1.54, 1.807) is 0 Å². The summed E-state index contributed by atoms with van der Waals surface area (Å²) in [4.78, 5) is 30.0. The molecular weight excluding hydrogens is 539 g/mol. The van der Waals surface area contributed by atoms with E-state index in [0.717, 1.165) is 67.2 Å². The third-order valence-corrected chi connectivity index (χ3v) is 10.5. The van der Waals surface area contributed by atoms with Crippen LogP contribution in [0.3, 0.4) is 0 Å². The van der Waals surface area contributed by atoms with Crippen LogP contribution in [0.25, 0.3) is 5.57 Å². The van der Waals surface area contributed by atoms with Crippen LogP contribution in [0.5, 0.6) is 11.8 Å². The summed E-state index contributed by atoms with van der Waals surface area (Å²) in [5.74, 6) is 1.69. The van der Waals surface area contributed by atoms with Crippen LogP contribution in [0, 0.1) is 17.3 Å². The number of ketones is 1. The Bertz CT molecular complexity index is 1460. The van der Waals surface area contributed by atoms with E-state index in [4.69, 9.17) is 21.3 Å². The van der Waals surface area contributed by atoms with Crippen LogP contribution in [0.4, 0.5) is 0 Å². The van der Waals surface area contributed by atoms with Crippen molar-refractivity contribution in [2.24, 2.45) is 17.3 Å². The number of halogens is 1. The van der Waals surface area contributed by atoms with Gasteiger partial charge in [-0.2, -0.15) is 4.98 Å². The molecule has 40 heavy (non-hydrogen) atoms. The summed E-state index contributed by atoms with van der Waals surface area (Å²) < 4.78 is 6.45. The van der Waals surface area contributed by atoms with Gasteiger partial charge in [-0.25, -0.2) is 9.97 Å². The molecule has 0 radical (unpaired) electrons. The van der Waals surface area contributed by atoms with E-state index in [0.29, 0.717) is 30.0 Å². The number of allylic oxidation sites excluding steroid dienone is 4. The van der Waals surface area contributed by atoms with Gasteiger partial charge < -0.3 is 9.64 Å². The van der Waals surface area contributed by atoms with Crippen LogP contribution in [-0.2, 0) is 24.2 Å². The standard InChI is InChI=1S/C32H40ClN4O2P/c1-6-17(3)27(38)25-20-9-8-19-15-34-30(39-29-22-16-37(5)13-10-23(22)35-31(33)36-29)28(40)24(19)21(20)14-18(4)26(25)32(7-2)11-12-32/h15,17-18H,6-14,16,40H2,1-5H3. The number of ether oxygens (including phenoxy) is 1. The Balaban J connectivity index is 1.47. The van der Waals surface area contributed by atoms with E-state index in [1.165, 1.54) is 40.7 Å². The van der Waals surface area contributed by atoms with Crippen molar-refractivity contribution in [2.75, 3.05) is 13.6 Å². The molecule has 8 heteroatoms. The minimum atomic E-state index is 0.0248. The van der Waals surface area contributed by atoms with Gasteiger partial charge in [-0.05, 0) is 103 Å². The van der Waals surface area contributed by atoms with Crippen LogP contribution in [0.1, 0.15) is 88.6 Å². The number of rotatable bonds is 7. The molecule has 1 fully saturated rings. The summed E-state index contributed by atoms with van der Waals surface area (Å²) in [6.45, 7) is 10.5. The molecule has 0 aromatic carbocycles. The minimum Gasteiger partial charge on any atom is -0.419 e. The number of likely N-dealkylation sites (N-methyl/N-ethyl adjacent to an activating group) is 1. The number of pyridine rings is 1. The topological polar surface area (TPSA) is 68.2 Å². The fraction of sp³-hybridized carbons (Fsp3) is 0.562. The summed E-state index contributed by atoms with van der Waals surface area (Å²) in [7, 11) is 4.99. The van der Waals surface area contributed by atoms with Gasteiger partial charge in [0.05, 0.1) is 11.3 Å². The molecule has 3 unspecified atom stereocenters. The average Bonchev–Trinajstić information content (AvgIpc) is 3.74. The number of hydrogen-bond donors (Lipinski definition) is 0. The minimum absolute atomic E-state index is 0.0248. The van der Waals surface area contributed by atoms with Gasteiger partial charge in [0.2, 0.25) is 17.0 Å². The van der Waals surface area contributed by atoms with E-state index in [-0.39, 0.29) is 16.6 Å². The van der Waals surface area contributed by atoms with Crippen molar-refractivity contribution in [2.45, 2.75) is 85.6 Å². The molecule has 3 heterocycles. The summed E-state index contributed by atoms with van der Waals surface area (Å²) in [6.07, 6.45) is 9.86. The summed E-state index contributed by atoms with van der Waals surface area (Å²) in [5, 5.41) is 1.13. The molecule has 0 N–H and O–H groups in total. The number of aryl methyl sites for hydroxylation is 1. The maximum Gasteiger partial charge on any atom is 0.230 e. The molecule has 3 aliphatic carbocycles. The zero-order valence-corrected chi connectivity index (χ0v) is 26.3. The lowest BCUT2D eigenvalue weighted by Gasteiger charge is -2.38. The van der Waals surface area contributed by atoms with Crippen molar-refractivity contribution in [1.29, 1.82) is 0 Å². The molecule has 0 saturated heterocycles. The monoisotopic (exact) mass is 578 g/mol. The third kappa shape index (κ3) is 4.64. The first-order valence-electron chi connectivity index (χ1n) is 14.9. The van der Waals surface area contributed by atoms with E-state index < -0.39 is 0 Å². The quantitative estimate of drug-likeness (QED) is 0.271. The predicted molar refractivity (Wildman–Crippen MR) is 163 cm³/mol. The van der Waals surface area contributed by atoms with E-state index in [9.17, 15) is 4.79 Å². The van der Waals surface area contributed by atoms with Crippen molar-refractivity contribution >= 4 is 37.5 Å². The van der Waals surface area contributed by atoms with Crippen LogP contribution in [-0.4, -0.2) is 39.2 Å². The maximum atomic E-state index is 14.1. The number of fused-ring (bicyclic) bond motifs is 3. The maximum absolute atomic E-state index is 14.1. The molecule has 212 valence electrons. The van der Waals surface area contributed by atoms with Gasteiger partial charge in [0.15, 0.2) is 5.78 Å². The molecule has 4 aliphatic rings. The molecule has 1 saturated carbocycles. The Morgan fingerprint density at radius 1 is 1.20 bits per heavy atom. The van der Waals surface area contributed by atoms with Gasteiger partial charge in [0.1, 0.15) is 0 Å². The highest BCUT2D eigenvalue weighted by Crippen LogP contribution is 2.62. The molecule has 2 aromatic rings. The summed E-state index contributed by atoms with van der Waals surface area (Å²) in [6, 6.07) is 0. The Morgan fingerprint density at radius 2 is 1.98 bits per heavy atom. The predicted octanol–water partition coefficient (Wildman–Crippen LogP) is 6.65. The van der Waals surface area contributed by atoms with Crippen molar-refractivity contribution in [3.63, 3.8) is 0 Å². The zero-order valence-electron chi connectivity index (χ0n) is 24.4. The fourth-order valence-corrected chi connectivity index (χ4v) is 7.86. The lowest BCUT2D eigenvalue weighted by atomic mass is 9.66. The number of carbonyl (C=O) groups excluding carboxylic acids is 1. The number of nitrogens with zero attached hydrogens (tertiary/aromatic N) is 4. The first-order chi connectivity index (χ1) is 19.2. The average molecular weight is 579 g/mol. The van der Waals surface area contributed by atoms with Crippen molar-refractivity contribution in [3.05, 3.63) is 50.6 Å². The highest BCUT2D eigenvalue weighted by Gasteiger charge is 2.50. The Labute approximate surface area is 245 Å². The molecular formula is C32H40ClN4O2P. The molecule has 0 spiro atoms. The zero-order chi connectivity index (χ0) is 28.3. The molecule has 0 bridgehead atoms. The number of hydrogen-bond acceptors (Lipinski definition) is 6. The van der Waals surface area contributed by atoms with Gasteiger partial charge in [-0.1, -0.05) is 36.9 Å². The van der Waals surface area contributed by atoms with E-state index in [2.05, 4.69) is 58.9 Å². The third-order valence-electron chi connectivity index (χ3n) is 9.83. The lowest BCUT2D eigenvalue weighted by Crippen LogP contribution is -2.30. The summed E-state index contributed by atoms with van der Waals surface area (Å²) >= 11 is 6.31.